The van der Waals surface area contributed by atoms with Gasteiger partial charge in [0, 0.05) is 11.8 Å². The fourth-order valence-corrected chi connectivity index (χ4v) is 2.68. The SMILES string of the molecule is CC(NC(=O)c1ccnc(C(=O)Nc2ccccc2C#N)c1)c1ccccc1. The standard InChI is InChI=1S/C22H18N4O2/c1-15(16-7-3-2-4-8-16)25-21(27)17-11-12-24-20(13-17)22(28)26-19-10-6-5-9-18(19)14-23/h2-13,15H,1H3,(H,25,27)(H,26,28). The van der Waals surface area contributed by atoms with Crippen molar-refractivity contribution in [2.75, 3.05) is 5.32 Å². The van der Waals surface area contributed by atoms with Gasteiger partial charge in [0.05, 0.1) is 17.3 Å². The Kier molecular flexibility index (Phi) is 5.78. The van der Waals surface area contributed by atoms with Crippen LogP contribution in [0.5, 0.6) is 0 Å². The average molecular weight is 370 g/mol. The molecule has 0 saturated carbocycles. The van der Waals surface area contributed by atoms with Crippen LogP contribution in [-0.2, 0) is 0 Å². The van der Waals surface area contributed by atoms with Crippen molar-refractivity contribution in [3.05, 3.63) is 95.3 Å². The number of para-hydroxylation sites is 1. The number of anilines is 1. The molecule has 0 aliphatic rings. The number of benzene rings is 2. The van der Waals surface area contributed by atoms with E-state index in [0.717, 1.165) is 5.56 Å². The minimum absolute atomic E-state index is 0.0905. The summed E-state index contributed by atoms with van der Waals surface area (Å²) in [6, 6.07) is 21.1. The zero-order valence-electron chi connectivity index (χ0n) is 15.2. The average Bonchev–Trinajstić information content (AvgIpc) is 2.74. The molecule has 0 bridgehead atoms. The predicted octanol–water partition coefficient (Wildman–Crippen LogP) is 3.70. The molecular weight excluding hydrogens is 352 g/mol. The number of nitriles is 1. The molecule has 0 radical (unpaired) electrons. The van der Waals surface area contributed by atoms with Crippen LogP contribution in [0.15, 0.2) is 72.9 Å². The monoisotopic (exact) mass is 370 g/mol. The van der Waals surface area contributed by atoms with E-state index in [4.69, 9.17) is 5.26 Å². The van der Waals surface area contributed by atoms with Gasteiger partial charge in [0.15, 0.2) is 0 Å². The Morgan fingerprint density at radius 1 is 1.00 bits per heavy atom. The number of aromatic nitrogens is 1. The lowest BCUT2D eigenvalue weighted by atomic mass is 10.1. The molecule has 2 N–H and O–H groups in total. The van der Waals surface area contributed by atoms with E-state index in [-0.39, 0.29) is 17.6 Å². The van der Waals surface area contributed by atoms with E-state index >= 15 is 0 Å². The fourth-order valence-electron chi connectivity index (χ4n) is 2.68. The second-order valence-corrected chi connectivity index (χ2v) is 6.15. The highest BCUT2D eigenvalue weighted by Gasteiger charge is 2.15. The summed E-state index contributed by atoms with van der Waals surface area (Å²) in [5.74, 6) is -0.793. The molecule has 1 atom stereocenters. The number of carbonyl (C=O) groups is 2. The van der Waals surface area contributed by atoms with Gasteiger partial charge < -0.3 is 10.6 Å². The minimum Gasteiger partial charge on any atom is -0.346 e. The maximum absolute atomic E-state index is 12.5. The van der Waals surface area contributed by atoms with E-state index in [9.17, 15) is 9.59 Å². The number of pyridine rings is 1. The second-order valence-electron chi connectivity index (χ2n) is 6.15. The van der Waals surface area contributed by atoms with E-state index in [1.165, 1.54) is 12.3 Å². The summed E-state index contributed by atoms with van der Waals surface area (Å²) in [4.78, 5) is 29.1. The summed E-state index contributed by atoms with van der Waals surface area (Å²) in [6.45, 7) is 1.89. The molecule has 2 amide bonds. The highest BCUT2D eigenvalue weighted by Crippen LogP contribution is 2.16. The van der Waals surface area contributed by atoms with Gasteiger partial charge in [0.2, 0.25) is 0 Å². The lowest BCUT2D eigenvalue weighted by Gasteiger charge is -2.14. The van der Waals surface area contributed by atoms with Gasteiger partial charge in [0.1, 0.15) is 11.8 Å². The van der Waals surface area contributed by atoms with Crippen molar-refractivity contribution < 1.29 is 9.59 Å². The first-order valence-corrected chi connectivity index (χ1v) is 8.71. The number of hydrogen-bond acceptors (Lipinski definition) is 4. The van der Waals surface area contributed by atoms with Crippen molar-refractivity contribution in [2.24, 2.45) is 0 Å². The Balaban J connectivity index is 1.73. The maximum Gasteiger partial charge on any atom is 0.274 e. The molecule has 28 heavy (non-hydrogen) atoms. The molecule has 6 heteroatoms. The predicted molar refractivity (Wildman–Crippen MR) is 106 cm³/mol. The van der Waals surface area contributed by atoms with Crippen LogP contribution in [0.2, 0.25) is 0 Å². The zero-order chi connectivity index (χ0) is 19.9. The van der Waals surface area contributed by atoms with Crippen molar-refractivity contribution in [3.8, 4) is 6.07 Å². The topological polar surface area (TPSA) is 94.9 Å². The number of rotatable bonds is 5. The largest absolute Gasteiger partial charge is 0.346 e. The zero-order valence-corrected chi connectivity index (χ0v) is 15.2. The molecule has 3 rings (SSSR count). The van der Waals surface area contributed by atoms with Gasteiger partial charge in [-0.25, -0.2) is 0 Å². The van der Waals surface area contributed by atoms with E-state index < -0.39 is 5.91 Å². The highest BCUT2D eigenvalue weighted by atomic mass is 16.2. The Hall–Kier alpha value is -3.98. The van der Waals surface area contributed by atoms with Gasteiger partial charge in [-0.1, -0.05) is 42.5 Å². The summed E-state index contributed by atoms with van der Waals surface area (Å²) in [6.07, 6.45) is 1.41. The fraction of sp³-hybridized carbons (Fsp3) is 0.0909. The smallest absolute Gasteiger partial charge is 0.274 e. The third-order valence-electron chi connectivity index (χ3n) is 4.20. The van der Waals surface area contributed by atoms with Crippen molar-refractivity contribution in [2.45, 2.75) is 13.0 Å². The van der Waals surface area contributed by atoms with Crippen LogP contribution in [-0.4, -0.2) is 16.8 Å². The Morgan fingerprint density at radius 3 is 2.46 bits per heavy atom. The minimum atomic E-state index is -0.492. The molecule has 3 aromatic rings. The number of amides is 2. The van der Waals surface area contributed by atoms with Crippen molar-refractivity contribution in [3.63, 3.8) is 0 Å². The summed E-state index contributed by atoms with van der Waals surface area (Å²) in [5, 5.41) is 14.7. The van der Waals surface area contributed by atoms with E-state index in [0.29, 0.717) is 16.8 Å². The number of nitrogens with zero attached hydrogens (tertiary/aromatic N) is 2. The third-order valence-corrected chi connectivity index (χ3v) is 4.20. The number of hydrogen-bond donors (Lipinski definition) is 2. The van der Waals surface area contributed by atoms with Crippen LogP contribution in [0.3, 0.4) is 0 Å². The molecule has 0 aliphatic carbocycles. The molecule has 138 valence electrons. The molecule has 1 heterocycles. The maximum atomic E-state index is 12.5. The van der Waals surface area contributed by atoms with Gasteiger partial charge in [-0.15, -0.1) is 0 Å². The van der Waals surface area contributed by atoms with Gasteiger partial charge in [-0.3, -0.25) is 14.6 Å². The van der Waals surface area contributed by atoms with Crippen LogP contribution in [0.1, 0.15) is 44.9 Å². The number of nitrogens with one attached hydrogen (secondary N) is 2. The van der Waals surface area contributed by atoms with Crippen LogP contribution >= 0.6 is 0 Å². The first-order chi connectivity index (χ1) is 13.6. The molecular formula is C22H18N4O2. The Labute approximate surface area is 162 Å². The van der Waals surface area contributed by atoms with Crippen molar-refractivity contribution in [1.29, 1.82) is 5.26 Å². The van der Waals surface area contributed by atoms with Gasteiger partial charge in [-0.2, -0.15) is 5.26 Å². The summed E-state index contributed by atoms with van der Waals surface area (Å²) in [7, 11) is 0. The van der Waals surface area contributed by atoms with Crippen LogP contribution in [0.4, 0.5) is 5.69 Å². The number of carbonyl (C=O) groups excluding carboxylic acids is 2. The van der Waals surface area contributed by atoms with Gasteiger partial charge >= 0.3 is 0 Å². The van der Waals surface area contributed by atoms with Crippen molar-refractivity contribution in [1.82, 2.24) is 10.3 Å². The summed E-state index contributed by atoms with van der Waals surface area (Å²) in [5.41, 5.74) is 2.14. The van der Waals surface area contributed by atoms with E-state index in [2.05, 4.69) is 15.6 Å². The molecule has 0 spiro atoms. The van der Waals surface area contributed by atoms with Gasteiger partial charge in [0.25, 0.3) is 11.8 Å². The Morgan fingerprint density at radius 2 is 1.71 bits per heavy atom. The third kappa shape index (κ3) is 4.40. The van der Waals surface area contributed by atoms with E-state index in [1.807, 2.05) is 43.3 Å². The lowest BCUT2D eigenvalue weighted by molar-refractivity contribution is 0.0939. The molecule has 0 saturated heterocycles. The summed E-state index contributed by atoms with van der Waals surface area (Å²) >= 11 is 0. The van der Waals surface area contributed by atoms with Crippen LogP contribution in [0.25, 0.3) is 0 Å². The van der Waals surface area contributed by atoms with Crippen LogP contribution < -0.4 is 10.6 Å². The lowest BCUT2D eigenvalue weighted by Crippen LogP contribution is -2.27. The normalized spacial score (nSPS) is 11.1. The molecule has 2 aromatic carbocycles. The summed E-state index contributed by atoms with van der Waals surface area (Å²) < 4.78 is 0. The second kappa shape index (κ2) is 8.60. The molecule has 0 fully saturated rings. The first kappa shape index (κ1) is 18.8. The van der Waals surface area contributed by atoms with Gasteiger partial charge in [-0.05, 0) is 36.8 Å². The molecule has 0 aliphatic heterocycles. The highest BCUT2D eigenvalue weighted by molar-refractivity contribution is 6.05. The molecule has 1 unspecified atom stereocenters. The van der Waals surface area contributed by atoms with Crippen molar-refractivity contribution >= 4 is 17.5 Å². The molecule has 1 aromatic heterocycles. The van der Waals surface area contributed by atoms with E-state index in [1.54, 1.807) is 30.3 Å². The first-order valence-electron chi connectivity index (χ1n) is 8.71. The quantitative estimate of drug-likeness (QED) is 0.716. The Bertz CT molecular complexity index is 1040. The molecule has 6 nitrogen and oxygen atoms in total. The van der Waals surface area contributed by atoms with Crippen LogP contribution in [0, 0.1) is 11.3 Å².